The SMILES string of the molecule is COc1ccc(CCNC(=O)COc2cccnc2Br)cc1OC. The predicted octanol–water partition coefficient (Wildman–Crippen LogP) is 2.60. The molecule has 0 unspecified atom stereocenters. The normalized spacial score (nSPS) is 10.1. The lowest BCUT2D eigenvalue weighted by Crippen LogP contribution is -2.30. The minimum absolute atomic E-state index is 0.0593. The van der Waals surface area contributed by atoms with Gasteiger partial charge in [-0.25, -0.2) is 4.98 Å². The molecule has 0 aliphatic carbocycles. The number of ether oxygens (including phenoxy) is 3. The van der Waals surface area contributed by atoms with Crippen molar-refractivity contribution < 1.29 is 19.0 Å². The Labute approximate surface area is 149 Å². The maximum atomic E-state index is 11.8. The zero-order valence-corrected chi connectivity index (χ0v) is 15.1. The molecule has 0 bridgehead atoms. The summed E-state index contributed by atoms with van der Waals surface area (Å²) in [5, 5.41) is 2.82. The molecular weight excluding hydrogens is 376 g/mol. The number of aromatic nitrogens is 1. The van der Waals surface area contributed by atoms with E-state index in [1.54, 1.807) is 32.5 Å². The smallest absolute Gasteiger partial charge is 0.257 e. The third-order valence-electron chi connectivity index (χ3n) is 3.27. The second-order valence-corrected chi connectivity index (χ2v) is 5.62. The number of amides is 1. The fraction of sp³-hybridized carbons (Fsp3) is 0.294. The molecule has 128 valence electrons. The van der Waals surface area contributed by atoms with Gasteiger partial charge in [0.2, 0.25) is 0 Å². The summed E-state index contributed by atoms with van der Waals surface area (Å²) in [6, 6.07) is 9.17. The van der Waals surface area contributed by atoms with Gasteiger partial charge in [-0.3, -0.25) is 4.79 Å². The quantitative estimate of drug-likeness (QED) is 0.696. The van der Waals surface area contributed by atoms with Crippen LogP contribution in [-0.2, 0) is 11.2 Å². The third-order valence-corrected chi connectivity index (χ3v) is 3.86. The summed E-state index contributed by atoms with van der Waals surface area (Å²) in [4.78, 5) is 15.9. The summed E-state index contributed by atoms with van der Waals surface area (Å²) in [7, 11) is 3.19. The van der Waals surface area contributed by atoms with E-state index in [-0.39, 0.29) is 12.5 Å². The molecule has 0 atom stereocenters. The lowest BCUT2D eigenvalue weighted by atomic mass is 10.1. The first-order valence-electron chi connectivity index (χ1n) is 7.35. The molecule has 0 aliphatic rings. The Morgan fingerprint density at radius 1 is 1.17 bits per heavy atom. The van der Waals surface area contributed by atoms with Gasteiger partial charge < -0.3 is 19.5 Å². The predicted molar refractivity (Wildman–Crippen MR) is 93.7 cm³/mol. The summed E-state index contributed by atoms with van der Waals surface area (Å²) in [6.45, 7) is 0.447. The van der Waals surface area contributed by atoms with Gasteiger partial charge in [0.15, 0.2) is 23.9 Å². The second-order valence-electron chi connectivity index (χ2n) is 4.87. The van der Waals surface area contributed by atoms with E-state index in [1.807, 2.05) is 18.2 Å². The van der Waals surface area contributed by atoms with Crippen molar-refractivity contribution in [2.45, 2.75) is 6.42 Å². The highest BCUT2D eigenvalue weighted by Crippen LogP contribution is 2.27. The van der Waals surface area contributed by atoms with E-state index in [2.05, 4.69) is 26.2 Å². The van der Waals surface area contributed by atoms with Gasteiger partial charge in [0, 0.05) is 12.7 Å². The maximum absolute atomic E-state index is 11.8. The van der Waals surface area contributed by atoms with Gasteiger partial charge in [0.1, 0.15) is 4.60 Å². The highest BCUT2D eigenvalue weighted by Gasteiger charge is 2.07. The molecule has 0 aliphatic heterocycles. The van der Waals surface area contributed by atoms with Crippen LogP contribution in [0.2, 0.25) is 0 Å². The van der Waals surface area contributed by atoms with Crippen LogP contribution in [0.4, 0.5) is 0 Å². The number of nitrogens with one attached hydrogen (secondary N) is 1. The molecule has 7 heteroatoms. The lowest BCUT2D eigenvalue weighted by Gasteiger charge is -2.10. The minimum atomic E-state index is -0.189. The van der Waals surface area contributed by atoms with Crippen molar-refractivity contribution in [1.29, 1.82) is 0 Å². The van der Waals surface area contributed by atoms with Crippen LogP contribution in [0.5, 0.6) is 17.2 Å². The molecule has 1 heterocycles. The van der Waals surface area contributed by atoms with E-state index in [9.17, 15) is 4.79 Å². The van der Waals surface area contributed by atoms with Crippen molar-refractivity contribution in [2.75, 3.05) is 27.4 Å². The van der Waals surface area contributed by atoms with E-state index in [1.165, 1.54) is 0 Å². The molecule has 24 heavy (non-hydrogen) atoms. The van der Waals surface area contributed by atoms with Crippen molar-refractivity contribution in [1.82, 2.24) is 10.3 Å². The molecule has 1 amide bonds. The molecular formula is C17H19BrN2O4. The lowest BCUT2D eigenvalue weighted by molar-refractivity contribution is -0.123. The zero-order chi connectivity index (χ0) is 17.4. The van der Waals surface area contributed by atoms with E-state index in [4.69, 9.17) is 14.2 Å². The summed E-state index contributed by atoms with van der Waals surface area (Å²) in [5.41, 5.74) is 1.05. The van der Waals surface area contributed by atoms with E-state index in [0.717, 1.165) is 5.56 Å². The van der Waals surface area contributed by atoms with Gasteiger partial charge in [-0.2, -0.15) is 0 Å². The van der Waals surface area contributed by atoms with Crippen molar-refractivity contribution in [2.24, 2.45) is 0 Å². The van der Waals surface area contributed by atoms with Gasteiger partial charge in [0.05, 0.1) is 14.2 Å². The number of rotatable bonds is 8. The van der Waals surface area contributed by atoms with Crippen LogP contribution in [0.15, 0.2) is 41.1 Å². The molecule has 1 N–H and O–H groups in total. The van der Waals surface area contributed by atoms with Gasteiger partial charge in [-0.1, -0.05) is 6.07 Å². The molecule has 6 nitrogen and oxygen atoms in total. The third kappa shape index (κ3) is 5.13. The Morgan fingerprint density at radius 2 is 1.96 bits per heavy atom. The number of nitrogens with zero attached hydrogens (tertiary/aromatic N) is 1. The van der Waals surface area contributed by atoms with Crippen LogP contribution >= 0.6 is 15.9 Å². The molecule has 0 radical (unpaired) electrons. The average molecular weight is 395 g/mol. The number of benzene rings is 1. The summed E-state index contributed by atoms with van der Waals surface area (Å²) in [5.74, 6) is 1.70. The van der Waals surface area contributed by atoms with Crippen LogP contribution in [0, 0.1) is 0 Å². The highest BCUT2D eigenvalue weighted by atomic mass is 79.9. The van der Waals surface area contributed by atoms with Crippen LogP contribution in [0.1, 0.15) is 5.56 Å². The number of hydrogen-bond acceptors (Lipinski definition) is 5. The first-order chi connectivity index (χ1) is 11.6. The Kier molecular flexibility index (Phi) is 6.87. The van der Waals surface area contributed by atoms with Crippen molar-refractivity contribution in [3.63, 3.8) is 0 Å². The first-order valence-corrected chi connectivity index (χ1v) is 8.14. The Morgan fingerprint density at radius 3 is 2.67 bits per heavy atom. The Balaban J connectivity index is 1.77. The van der Waals surface area contributed by atoms with Crippen LogP contribution < -0.4 is 19.5 Å². The molecule has 1 aromatic heterocycles. The van der Waals surface area contributed by atoms with Gasteiger partial charge in [0.25, 0.3) is 5.91 Å². The molecule has 0 saturated heterocycles. The number of pyridine rings is 1. The molecule has 1 aromatic carbocycles. The van der Waals surface area contributed by atoms with Gasteiger partial charge in [-0.05, 0) is 52.2 Å². The van der Waals surface area contributed by atoms with Crippen LogP contribution in [-0.4, -0.2) is 38.3 Å². The molecule has 0 saturated carbocycles. The minimum Gasteiger partial charge on any atom is -0.493 e. The standard InChI is InChI=1S/C17H19BrN2O4/c1-22-13-6-5-12(10-15(13)23-2)7-9-19-16(21)11-24-14-4-3-8-20-17(14)18/h3-6,8,10H,7,9,11H2,1-2H3,(H,19,21). The number of carbonyl (C=O) groups is 1. The largest absolute Gasteiger partial charge is 0.493 e. The Hall–Kier alpha value is -2.28. The van der Waals surface area contributed by atoms with Crippen molar-refractivity contribution in [3.05, 3.63) is 46.7 Å². The number of carbonyl (C=O) groups excluding carboxylic acids is 1. The number of hydrogen-bond donors (Lipinski definition) is 1. The van der Waals surface area contributed by atoms with E-state index < -0.39 is 0 Å². The second kappa shape index (κ2) is 9.12. The fourth-order valence-electron chi connectivity index (χ4n) is 2.06. The van der Waals surface area contributed by atoms with E-state index >= 15 is 0 Å². The monoisotopic (exact) mass is 394 g/mol. The zero-order valence-electron chi connectivity index (χ0n) is 13.5. The maximum Gasteiger partial charge on any atom is 0.257 e. The number of methoxy groups -OCH3 is 2. The summed E-state index contributed by atoms with van der Waals surface area (Å²) in [6.07, 6.45) is 2.32. The Bertz CT molecular complexity index is 694. The average Bonchev–Trinajstić information content (AvgIpc) is 2.61. The van der Waals surface area contributed by atoms with E-state index in [0.29, 0.717) is 34.8 Å². The summed E-state index contributed by atoms with van der Waals surface area (Å²) >= 11 is 3.26. The van der Waals surface area contributed by atoms with Crippen LogP contribution in [0.3, 0.4) is 0 Å². The summed E-state index contributed by atoms with van der Waals surface area (Å²) < 4.78 is 16.4. The van der Waals surface area contributed by atoms with Crippen molar-refractivity contribution in [3.8, 4) is 17.2 Å². The molecule has 0 spiro atoms. The number of halogens is 1. The van der Waals surface area contributed by atoms with Crippen molar-refractivity contribution >= 4 is 21.8 Å². The van der Waals surface area contributed by atoms with Crippen LogP contribution in [0.25, 0.3) is 0 Å². The van der Waals surface area contributed by atoms with Gasteiger partial charge >= 0.3 is 0 Å². The molecule has 2 aromatic rings. The topological polar surface area (TPSA) is 69.7 Å². The molecule has 2 rings (SSSR count). The van der Waals surface area contributed by atoms with Gasteiger partial charge in [-0.15, -0.1) is 0 Å². The highest BCUT2D eigenvalue weighted by molar-refractivity contribution is 9.10. The first kappa shape index (κ1) is 18.1. The molecule has 0 fully saturated rings. The fourth-order valence-corrected chi connectivity index (χ4v) is 2.42.